The zero-order valence-electron chi connectivity index (χ0n) is 8.92. The predicted molar refractivity (Wildman–Crippen MR) is 61.6 cm³/mol. The Kier molecular flexibility index (Phi) is 6.38. The molecule has 0 fully saturated rings. The second-order valence-corrected chi connectivity index (χ2v) is 3.01. The first-order chi connectivity index (χ1) is 7.06. The molecule has 0 aliphatic heterocycles. The molecule has 0 saturated heterocycles. The van der Waals surface area contributed by atoms with E-state index in [-0.39, 0.29) is 12.2 Å². The Hall–Kier alpha value is -1.35. The predicted octanol–water partition coefficient (Wildman–Crippen LogP) is 3.26. The molecule has 0 heterocycles. The van der Waals surface area contributed by atoms with Crippen molar-refractivity contribution in [1.82, 2.24) is 0 Å². The third-order valence-electron chi connectivity index (χ3n) is 1.58. The van der Waals surface area contributed by atoms with E-state index in [2.05, 4.69) is 13.2 Å². The average Bonchev–Trinajstić information content (AvgIpc) is 2.20. The van der Waals surface area contributed by atoms with Crippen LogP contribution in [0.1, 0.15) is 6.42 Å². The van der Waals surface area contributed by atoms with Gasteiger partial charge in [0.15, 0.2) is 0 Å². The maximum Gasteiger partial charge on any atom is 0.140 e. The molecule has 84 valence electrons. The highest BCUT2D eigenvalue weighted by molar-refractivity contribution is 6.32. The maximum atomic E-state index is 8.93. The molecule has 0 bridgehead atoms. The first-order valence-corrected chi connectivity index (χ1v) is 4.62. The molecule has 0 radical (unpaired) electrons. The van der Waals surface area contributed by atoms with Crippen LogP contribution in [0.5, 0.6) is 0 Å². The Bertz CT molecular complexity index is 303. The molecule has 3 nitrogen and oxygen atoms in total. The third-order valence-corrected chi connectivity index (χ3v) is 1.95. The summed E-state index contributed by atoms with van der Waals surface area (Å²) in [5.74, 6) is 0.850. The molecule has 1 N–H and O–H groups in total. The molecular formula is C11H15ClO3. The fourth-order valence-corrected chi connectivity index (χ4v) is 1.17. The van der Waals surface area contributed by atoms with Crippen molar-refractivity contribution in [2.75, 3.05) is 14.2 Å². The minimum atomic E-state index is 0.0339. The van der Waals surface area contributed by atoms with Gasteiger partial charge in [-0.25, -0.2) is 0 Å². The molecule has 0 aromatic carbocycles. The Morgan fingerprint density at radius 1 is 1.40 bits per heavy atom. The Morgan fingerprint density at radius 2 is 2.00 bits per heavy atom. The number of rotatable bonds is 6. The van der Waals surface area contributed by atoms with Crippen LogP contribution in [0, 0.1) is 0 Å². The van der Waals surface area contributed by atoms with E-state index in [0.717, 1.165) is 0 Å². The Morgan fingerprint density at radius 3 is 2.33 bits per heavy atom. The molecule has 0 spiro atoms. The van der Waals surface area contributed by atoms with Crippen molar-refractivity contribution < 1.29 is 14.6 Å². The molecule has 0 rings (SSSR count). The van der Waals surface area contributed by atoms with Crippen LogP contribution in [-0.2, 0) is 9.47 Å². The lowest BCUT2D eigenvalue weighted by atomic mass is 10.3. The van der Waals surface area contributed by atoms with Crippen LogP contribution in [-0.4, -0.2) is 19.3 Å². The van der Waals surface area contributed by atoms with Crippen LogP contribution in [0.2, 0.25) is 0 Å². The molecule has 0 unspecified atom stereocenters. The zero-order chi connectivity index (χ0) is 11.8. The average molecular weight is 231 g/mol. The van der Waals surface area contributed by atoms with Gasteiger partial charge < -0.3 is 14.6 Å². The van der Waals surface area contributed by atoms with Crippen LogP contribution in [0.4, 0.5) is 0 Å². The second-order valence-electron chi connectivity index (χ2n) is 2.63. The van der Waals surface area contributed by atoms with Crippen molar-refractivity contribution in [2.24, 2.45) is 0 Å². The first kappa shape index (κ1) is 13.7. The van der Waals surface area contributed by atoms with Crippen molar-refractivity contribution in [3.8, 4) is 0 Å². The van der Waals surface area contributed by atoms with E-state index in [1.807, 2.05) is 0 Å². The van der Waals surface area contributed by atoms with Crippen LogP contribution in [0.25, 0.3) is 0 Å². The summed E-state index contributed by atoms with van der Waals surface area (Å²) in [6.45, 7) is 6.90. The van der Waals surface area contributed by atoms with Crippen molar-refractivity contribution in [1.29, 1.82) is 0 Å². The molecular weight excluding hydrogens is 216 g/mol. The molecule has 0 aliphatic rings. The van der Waals surface area contributed by atoms with E-state index in [9.17, 15) is 0 Å². The number of hydrogen-bond acceptors (Lipinski definition) is 3. The standard InChI is InChI=1S/C11H15ClO3/c1-5-9(14-3)11(12)10(15-4)7-6-8(2)13/h5,7,13H,1-2,6H2,3-4H3/b10-7+,11-9-. The van der Waals surface area contributed by atoms with E-state index in [1.165, 1.54) is 20.3 Å². The third kappa shape index (κ3) is 4.61. The highest BCUT2D eigenvalue weighted by Gasteiger charge is 2.08. The van der Waals surface area contributed by atoms with Gasteiger partial charge in [0.1, 0.15) is 16.6 Å². The van der Waals surface area contributed by atoms with Gasteiger partial charge in [-0.2, -0.15) is 0 Å². The highest BCUT2D eigenvalue weighted by atomic mass is 35.5. The van der Waals surface area contributed by atoms with Gasteiger partial charge in [0.05, 0.1) is 20.0 Å². The topological polar surface area (TPSA) is 38.7 Å². The minimum absolute atomic E-state index is 0.0339. The van der Waals surface area contributed by atoms with Crippen LogP contribution < -0.4 is 0 Å². The summed E-state index contributed by atoms with van der Waals surface area (Å²) in [5, 5.41) is 9.23. The normalized spacial score (nSPS) is 12.9. The van der Waals surface area contributed by atoms with E-state index in [4.69, 9.17) is 26.2 Å². The van der Waals surface area contributed by atoms with Crippen molar-refractivity contribution >= 4 is 11.6 Å². The van der Waals surface area contributed by atoms with Crippen LogP contribution in [0.3, 0.4) is 0 Å². The number of aliphatic hydroxyl groups excluding tert-OH is 1. The number of ether oxygens (including phenoxy) is 2. The quantitative estimate of drug-likeness (QED) is 0.562. The van der Waals surface area contributed by atoms with E-state index in [1.54, 1.807) is 6.08 Å². The number of hydrogen-bond donors (Lipinski definition) is 1. The van der Waals surface area contributed by atoms with Gasteiger partial charge in [-0.3, -0.25) is 0 Å². The minimum Gasteiger partial charge on any atom is -0.513 e. The first-order valence-electron chi connectivity index (χ1n) is 4.24. The summed E-state index contributed by atoms with van der Waals surface area (Å²) in [4.78, 5) is 0. The number of methoxy groups -OCH3 is 2. The van der Waals surface area contributed by atoms with Gasteiger partial charge in [-0.15, -0.1) is 0 Å². The van der Waals surface area contributed by atoms with Crippen molar-refractivity contribution in [2.45, 2.75) is 6.42 Å². The summed E-state index contributed by atoms with van der Waals surface area (Å²) in [6, 6.07) is 0. The second kappa shape index (κ2) is 7.01. The zero-order valence-corrected chi connectivity index (χ0v) is 9.67. The van der Waals surface area contributed by atoms with E-state index in [0.29, 0.717) is 16.6 Å². The smallest absolute Gasteiger partial charge is 0.140 e. The molecule has 0 saturated carbocycles. The van der Waals surface area contributed by atoms with Gasteiger partial charge >= 0.3 is 0 Å². The molecule has 0 aliphatic carbocycles. The summed E-state index contributed by atoms with van der Waals surface area (Å²) in [5.41, 5.74) is 0. The van der Waals surface area contributed by atoms with Gasteiger partial charge in [-0.1, -0.05) is 24.8 Å². The number of halogens is 1. The van der Waals surface area contributed by atoms with E-state index >= 15 is 0 Å². The summed E-state index contributed by atoms with van der Waals surface area (Å²) >= 11 is 5.98. The lowest BCUT2D eigenvalue weighted by Gasteiger charge is -2.08. The van der Waals surface area contributed by atoms with Gasteiger partial charge in [0, 0.05) is 6.42 Å². The molecule has 15 heavy (non-hydrogen) atoms. The van der Waals surface area contributed by atoms with Gasteiger partial charge in [0.2, 0.25) is 0 Å². The monoisotopic (exact) mass is 230 g/mol. The number of allylic oxidation sites excluding steroid dienone is 3. The Balaban J connectivity index is 4.95. The molecule has 4 heteroatoms. The largest absolute Gasteiger partial charge is 0.513 e. The maximum absolute atomic E-state index is 8.93. The fourth-order valence-electron chi connectivity index (χ4n) is 0.857. The summed E-state index contributed by atoms with van der Waals surface area (Å²) < 4.78 is 10.0. The molecule has 0 amide bonds. The number of aliphatic hydroxyl groups is 1. The van der Waals surface area contributed by atoms with Crippen molar-refractivity contribution in [3.63, 3.8) is 0 Å². The van der Waals surface area contributed by atoms with Crippen molar-refractivity contribution in [3.05, 3.63) is 47.6 Å². The SMILES string of the molecule is C=C/C(OC)=C(Cl)\C(=C/CC(=C)O)OC. The Labute approximate surface area is 95.0 Å². The molecule has 0 atom stereocenters. The summed E-state index contributed by atoms with van der Waals surface area (Å²) in [7, 11) is 2.96. The molecule has 0 aromatic heterocycles. The van der Waals surface area contributed by atoms with E-state index < -0.39 is 0 Å². The fraction of sp³-hybridized carbons (Fsp3) is 0.273. The summed E-state index contributed by atoms with van der Waals surface area (Å²) in [6.07, 6.45) is 3.35. The lowest BCUT2D eigenvalue weighted by Crippen LogP contribution is -1.94. The van der Waals surface area contributed by atoms with Gasteiger partial charge in [0.25, 0.3) is 0 Å². The highest BCUT2D eigenvalue weighted by Crippen LogP contribution is 2.22. The van der Waals surface area contributed by atoms with Gasteiger partial charge in [-0.05, 0) is 12.2 Å². The lowest BCUT2D eigenvalue weighted by molar-refractivity contribution is 0.280. The molecule has 0 aromatic rings. The van der Waals surface area contributed by atoms with Crippen LogP contribution >= 0.6 is 11.6 Å². The van der Waals surface area contributed by atoms with Crippen LogP contribution in [0.15, 0.2) is 47.6 Å².